The highest BCUT2D eigenvalue weighted by atomic mass is 35.5. The van der Waals surface area contributed by atoms with Gasteiger partial charge in [0, 0.05) is 23.2 Å². The molecule has 2 aromatic heterocycles. The molecule has 1 N–H and O–H groups in total. The molecule has 0 fully saturated rings. The molecule has 0 bridgehead atoms. The van der Waals surface area contributed by atoms with Gasteiger partial charge in [0.05, 0.1) is 6.54 Å². The van der Waals surface area contributed by atoms with E-state index in [-0.39, 0.29) is 12.5 Å². The SMILES string of the molecule is Cn1nc(C(=O)Nc2ncn(Cc3ccc(Cl)cc3Cl)n2)cc1C(F)(F)F. The molecule has 0 aliphatic rings. The summed E-state index contributed by atoms with van der Waals surface area (Å²) in [5.41, 5.74) is -0.714. The number of hydrogen-bond acceptors (Lipinski definition) is 4. The number of aryl methyl sites for hydroxylation is 1. The number of aromatic nitrogens is 5. The van der Waals surface area contributed by atoms with Gasteiger partial charge in [-0.05, 0) is 17.7 Å². The molecular weight excluding hydrogens is 408 g/mol. The summed E-state index contributed by atoms with van der Waals surface area (Å²) in [6.07, 6.45) is -3.27. The van der Waals surface area contributed by atoms with Gasteiger partial charge in [0.15, 0.2) is 5.69 Å². The van der Waals surface area contributed by atoms with Gasteiger partial charge in [-0.1, -0.05) is 29.3 Å². The zero-order valence-corrected chi connectivity index (χ0v) is 15.1. The van der Waals surface area contributed by atoms with Crippen molar-refractivity contribution in [1.82, 2.24) is 24.5 Å². The van der Waals surface area contributed by atoms with Crippen LogP contribution in [-0.4, -0.2) is 30.5 Å². The smallest absolute Gasteiger partial charge is 0.288 e. The fourth-order valence-electron chi connectivity index (χ4n) is 2.26. The predicted octanol–water partition coefficient (Wildman–Crippen LogP) is 3.64. The van der Waals surface area contributed by atoms with Gasteiger partial charge in [0.1, 0.15) is 12.0 Å². The van der Waals surface area contributed by atoms with Crippen molar-refractivity contribution >= 4 is 35.1 Å². The number of amides is 1. The van der Waals surface area contributed by atoms with Crippen LogP contribution in [0.5, 0.6) is 0 Å². The second-order valence-electron chi connectivity index (χ2n) is 5.49. The molecule has 2 heterocycles. The van der Waals surface area contributed by atoms with Gasteiger partial charge in [0.25, 0.3) is 5.91 Å². The largest absolute Gasteiger partial charge is 0.433 e. The number of hydrogen-bond donors (Lipinski definition) is 1. The first-order valence-corrected chi connectivity index (χ1v) is 8.15. The first-order chi connectivity index (χ1) is 12.6. The molecule has 0 atom stereocenters. The van der Waals surface area contributed by atoms with E-state index in [2.05, 4.69) is 20.5 Å². The number of carbonyl (C=O) groups is 1. The molecular formula is C15H11Cl2F3N6O. The molecule has 3 rings (SSSR count). The summed E-state index contributed by atoms with van der Waals surface area (Å²) in [6, 6.07) is 5.62. The van der Waals surface area contributed by atoms with Crippen LogP contribution in [0.3, 0.4) is 0 Å². The lowest BCUT2D eigenvalue weighted by Crippen LogP contribution is -2.14. The van der Waals surface area contributed by atoms with Crippen LogP contribution in [0.4, 0.5) is 19.1 Å². The molecule has 0 spiro atoms. The average molecular weight is 419 g/mol. The van der Waals surface area contributed by atoms with Crippen molar-refractivity contribution in [2.45, 2.75) is 12.7 Å². The van der Waals surface area contributed by atoms with Crippen LogP contribution < -0.4 is 5.32 Å². The molecule has 0 aliphatic heterocycles. The lowest BCUT2D eigenvalue weighted by atomic mass is 10.2. The number of nitrogens with zero attached hydrogens (tertiary/aromatic N) is 5. The average Bonchev–Trinajstić information content (AvgIpc) is 3.16. The Hall–Kier alpha value is -2.59. The van der Waals surface area contributed by atoms with Crippen LogP contribution >= 0.6 is 23.2 Å². The maximum absolute atomic E-state index is 12.8. The standard InChI is InChI=1S/C15H11Cl2F3N6O/c1-25-12(15(18,19)20)5-11(23-25)13(27)22-14-21-7-26(24-14)6-8-2-3-9(16)4-10(8)17/h2-5,7H,6H2,1H3,(H,22,24,27). The molecule has 0 saturated carbocycles. The van der Waals surface area contributed by atoms with Gasteiger partial charge in [0.2, 0.25) is 5.95 Å². The zero-order valence-electron chi connectivity index (χ0n) is 13.6. The van der Waals surface area contributed by atoms with Gasteiger partial charge in [-0.3, -0.25) is 14.8 Å². The van der Waals surface area contributed by atoms with E-state index < -0.39 is 23.5 Å². The van der Waals surface area contributed by atoms with Crippen LogP contribution in [0.25, 0.3) is 0 Å². The lowest BCUT2D eigenvalue weighted by Gasteiger charge is -2.04. The van der Waals surface area contributed by atoms with E-state index in [1.165, 1.54) is 11.0 Å². The van der Waals surface area contributed by atoms with Crippen LogP contribution in [0, 0.1) is 0 Å². The van der Waals surface area contributed by atoms with Crippen molar-refractivity contribution in [2.75, 3.05) is 5.32 Å². The number of nitrogens with one attached hydrogen (secondary N) is 1. The van der Waals surface area contributed by atoms with E-state index in [9.17, 15) is 18.0 Å². The number of benzene rings is 1. The molecule has 3 aromatic rings. The van der Waals surface area contributed by atoms with E-state index in [1.807, 2.05) is 0 Å². The van der Waals surface area contributed by atoms with Crippen LogP contribution in [0.2, 0.25) is 10.0 Å². The maximum atomic E-state index is 12.8. The highest BCUT2D eigenvalue weighted by Gasteiger charge is 2.35. The molecule has 142 valence electrons. The van der Waals surface area contributed by atoms with Crippen LogP contribution in [-0.2, 0) is 19.8 Å². The molecule has 0 aliphatic carbocycles. The van der Waals surface area contributed by atoms with Crippen molar-refractivity contribution in [3.63, 3.8) is 0 Å². The normalized spacial score (nSPS) is 11.6. The van der Waals surface area contributed by atoms with E-state index in [0.29, 0.717) is 20.8 Å². The Morgan fingerprint density at radius 3 is 2.59 bits per heavy atom. The minimum atomic E-state index is -4.61. The van der Waals surface area contributed by atoms with E-state index >= 15 is 0 Å². The highest BCUT2D eigenvalue weighted by molar-refractivity contribution is 6.35. The van der Waals surface area contributed by atoms with Gasteiger partial charge >= 0.3 is 6.18 Å². The zero-order chi connectivity index (χ0) is 19.8. The Labute approximate surface area is 160 Å². The Kier molecular flexibility index (Phi) is 5.11. The van der Waals surface area contributed by atoms with Gasteiger partial charge < -0.3 is 0 Å². The Balaban J connectivity index is 1.71. The van der Waals surface area contributed by atoms with Crippen molar-refractivity contribution in [2.24, 2.45) is 7.05 Å². The second kappa shape index (κ2) is 7.20. The quantitative estimate of drug-likeness (QED) is 0.701. The monoisotopic (exact) mass is 418 g/mol. The molecule has 1 amide bonds. The van der Waals surface area contributed by atoms with Crippen LogP contribution in [0.15, 0.2) is 30.6 Å². The fourth-order valence-corrected chi connectivity index (χ4v) is 2.73. The number of halogens is 5. The van der Waals surface area contributed by atoms with Gasteiger partial charge in [-0.15, -0.1) is 5.10 Å². The summed E-state index contributed by atoms with van der Waals surface area (Å²) in [5.74, 6) is -0.937. The van der Waals surface area contributed by atoms with Crippen molar-refractivity contribution in [3.8, 4) is 0 Å². The topological polar surface area (TPSA) is 77.6 Å². The molecule has 0 saturated heterocycles. The summed E-state index contributed by atoms with van der Waals surface area (Å²) < 4.78 is 40.3. The molecule has 7 nitrogen and oxygen atoms in total. The summed E-state index contributed by atoms with van der Waals surface area (Å²) in [6.45, 7) is 0.265. The van der Waals surface area contributed by atoms with Gasteiger partial charge in [-0.2, -0.15) is 18.3 Å². The summed E-state index contributed by atoms with van der Waals surface area (Å²) in [4.78, 5) is 16.0. The van der Waals surface area contributed by atoms with Gasteiger partial charge in [-0.25, -0.2) is 9.67 Å². The fraction of sp³-hybridized carbons (Fsp3) is 0.200. The third kappa shape index (κ3) is 4.40. The van der Waals surface area contributed by atoms with E-state index in [4.69, 9.17) is 23.2 Å². The number of anilines is 1. The van der Waals surface area contributed by atoms with E-state index in [0.717, 1.165) is 12.6 Å². The maximum Gasteiger partial charge on any atom is 0.433 e. The first-order valence-electron chi connectivity index (χ1n) is 7.39. The third-order valence-corrected chi connectivity index (χ3v) is 4.10. The minimum Gasteiger partial charge on any atom is -0.288 e. The number of rotatable bonds is 4. The minimum absolute atomic E-state index is 0.0794. The molecule has 1 aromatic carbocycles. The Morgan fingerprint density at radius 2 is 1.96 bits per heavy atom. The first kappa shape index (κ1) is 19.2. The lowest BCUT2D eigenvalue weighted by molar-refractivity contribution is -0.143. The molecule has 0 unspecified atom stereocenters. The molecule has 12 heteroatoms. The second-order valence-corrected chi connectivity index (χ2v) is 6.34. The summed E-state index contributed by atoms with van der Waals surface area (Å²) >= 11 is 11.9. The summed E-state index contributed by atoms with van der Waals surface area (Å²) in [7, 11) is 1.10. The molecule has 0 radical (unpaired) electrons. The van der Waals surface area contributed by atoms with E-state index in [1.54, 1.807) is 18.2 Å². The number of carbonyl (C=O) groups excluding carboxylic acids is 1. The number of alkyl halides is 3. The van der Waals surface area contributed by atoms with Crippen LogP contribution in [0.1, 0.15) is 21.7 Å². The predicted molar refractivity (Wildman–Crippen MR) is 91.7 cm³/mol. The van der Waals surface area contributed by atoms with Crippen molar-refractivity contribution in [1.29, 1.82) is 0 Å². The summed E-state index contributed by atoms with van der Waals surface area (Å²) in [5, 5.41) is 10.8. The van der Waals surface area contributed by atoms with Crippen molar-refractivity contribution in [3.05, 3.63) is 57.6 Å². The molecule has 27 heavy (non-hydrogen) atoms. The third-order valence-electron chi connectivity index (χ3n) is 3.51. The Morgan fingerprint density at radius 1 is 1.22 bits per heavy atom. The Bertz CT molecular complexity index is 998. The van der Waals surface area contributed by atoms with Crippen molar-refractivity contribution < 1.29 is 18.0 Å². The highest BCUT2D eigenvalue weighted by Crippen LogP contribution is 2.29.